The van der Waals surface area contributed by atoms with Crippen LogP contribution in [0.1, 0.15) is 66.5 Å². The average Bonchev–Trinajstić information content (AvgIpc) is 2.66. The number of amides is 2. The van der Waals surface area contributed by atoms with Crippen LogP contribution in [0, 0.1) is 25.1 Å². The van der Waals surface area contributed by atoms with Crippen molar-refractivity contribution in [3.05, 3.63) is 64.5 Å². The molecule has 2 aromatic carbocycles. The highest BCUT2D eigenvalue weighted by atomic mass is 19.1. The molecule has 2 aromatic rings. The van der Waals surface area contributed by atoms with Gasteiger partial charge >= 0.3 is 7.12 Å². The summed E-state index contributed by atoms with van der Waals surface area (Å²) >= 11 is 0. The predicted molar refractivity (Wildman–Crippen MR) is 121 cm³/mol. The lowest BCUT2D eigenvalue weighted by Gasteiger charge is -2.30. The summed E-state index contributed by atoms with van der Waals surface area (Å²) in [4.78, 5) is 25.7. The van der Waals surface area contributed by atoms with E-state index in [0.717, 1.165) is 23.3 Å². The molecule has 6 nitrogen and oxygen atoms in total. The summed E-state index contributed by atoms with van der Waals surface area (Å²) in [7, 11) is -1.84. The van der Waals surface area contributed by atoms with Gasteiger partial charge in [0.15, 0.2) is 0 Å². The SMILES string of the molecule is CC.Cc1cc(C)cc(C(=O)N(CC(C)(C)C)NC(=O)c2ccc(B(O)O)cc2F)c1. The Hall–Kier alpha value is -2.71. The highest BCUT2D eigenvalue weighted by Gasteiger charge is 2.26. The molecule has 0 atom stereocenters. The Bertz CT molecular complexity index is 906. The normalized spacial score (nSPS) is 10.6. The van der Waals surface area contributed by atoms with Gasteiger partial charge in [-0.15, -0.1) is 0 Å². The Morgan fingerprint density at radius 2 is 1.58 bits per heavy atom. The van der Waals surface area contributed by atoms with Gasteiger partial charge in [0.05, 0.1) is 5.56 Å². The van der Waals surface area contributed by atoms with E-state index in [1.165, 1.54) is 11.1 Å². The van der Waals surface area contributed by atoms with E-state index in [9.17, 15) is 14.0 Å². The van der Waals surface area contributed by atoms with Crippen molar-refractivity contribution in [2.24, 2.45) is 5.41 Å². The van der Waals surface area contributed by atoms with Gasteiger partial charge in [-0.3, -0.25) is 15.0 Å². The van der Waals surface area contributed by atoms with E-state index in [4.69, 9.17) is 10.0 Å². The summed E-state index contributed by atoms with van der Waals surface area (Å²) in [5.74, 6) is -2.12. The van der Waals surface area contributed by atoms with Gasteiger partial charge in [-0.1, -0.05) is 57.9 Å². The zero-order chi connectivity index (χ0) is 23.9. The molecule has 0 bridgehead atoms. The zero-order valence-electron chi connectivity index (χ0n) is 19.3. The minimum Gasteiger partial charge on any atom is -0.423 e. The molecule has 0 radical (unpaired) electrons. The first-order valence-corrected chi connectivity index (χ1v) is 10.2. The summed E-state index contributed by atoms with van der Waals surface area (Å²) in [6.45, 7) is 13.7. The first-order valence-electron chi connectivity index (χ1n) is 10.2. The standard InChI is InChI=1S/C21H26BFN2O4.C2H6/c1-13-8-14(2)10-15(9-13)20(27)25(12-21(3,4)5)24-19(26)17-7-6-16(22(28)29)11-18(17)23;1-2/h6-11,28-29H,12H2,1-5H3,(H,24,26);1-2H3. The molecule has 0 aliphatic rings. The van der Waals surface area contributed by atoms with E-state index < -0.39 is 24.7 Å². The number of halogens is 1. The van der Waals surface area contributed by atoms with Crippen molar-refractivity contribution in [3.63, 3.8) is 0 Å². The van der Waals surface area contributed by atoms with Gasteiger partial charge in [0.25, 0.3) is 11.8 Å². The van der Waals surface area contributed by atoms with E-state index in [0.29, 0.717) is 5.56 Å². The molecule has 3 N–H and O–H groups in total. The molecule has 8 heteroatoms. The monoisotopic (exact) mass is 430 g/mol. The molecule has 0 fully saturated rings. The van der Waals surface area contributed by atoms with Crippen LogP contribution in [0.25, 0.3) is 0 Å². The molecule has 0 spiro atoms. The van der Waals surface area contributed by atoms with E-state index in [1.54, 1.807) is 12.1 Å². The van der Waals surface area contributed by atoms with Gasteiger partial charge < -0.3 is 10.0 Å². The Kier molecular flexibility index (Phi) is 9.40. The second kappa shape index (κ2) is 11.1. The molecule has 0 heterocycles. The molecule has 0 aliphatic carbocycles. The number of nitrogens with one attached hydrogen (secondary N) is 1. The van der Waals surface area contributed by atoms with Crippen LogP contribution < -0.4 is 10.9 Å². The minimum atomic E-state index is -1.84. The van der Waals surface area contributed by atoms with Gasteiger partial charge in [-0.2, -0.15) is 0 Å². The number of hydrazine groups is 1. The van der Waals surface area contributed by atoms with Gasteiger partial charge in [0, 0.05) is 12.1 Å². The predicted octanol–water partition coefficient (Wildman–Crippen LogP) is 2.98. The van der Waals surface area contributed by atoms with Gasteiger partial charge in [0.1, 0.15) is 5.82 Å². The van der Waals surface area contributed by atoms with E-state index >= 15 is 0 Å². The topological polar surface area (TPSA) is 89.9 Å². The number of carbonyl (C=O) groups excluding carboxylic acids is 2. The van der Waals surface area contributed by atoms with Crippen LogP contribution >= 0.6 is 0 Å². The number of benzene rings is 2. The van der Waals surface area contributed by atoms with Crippen LogP contribution in [-0.2, 0) is 0 Å². The largest absolute Gasteiger partial charge is 0.488 e. The molecule has 2 rings (SSSR count). The van der Waals surface area contributed by atoms with Crippen molar-refractivity contribution < 1.29 is 24.0 Å². The number of rotatable bonds is 4. The van der Waals surface area contributed by atoms with Crippen molar-refractivity contribution in [2.45, 2.75) is 48.5 Å². The minimum absolute atomic E-state index is 0.0723. The summed E-state index contributed by atoms with van der Waals surface area (Å²) in [5.41, 5.74) is 4.05. The maximum absolute atomic E-state index is 14.3. The maximum atomic E-state index is 14.3. The third-order valence-corrected chi connectivity index (χ3v) is 4.12. The second-order valence-corrected chi connectivity index (χ2v) is 8.38. The summed E-state index contributed by atoms with van der Waals surface area (Å²) in [6, 6.07) is 8.66. The zero-order valence-corrected chi connectivity index (χ0v) is 19.3. The quantitative estimate of drug-likeness (QED) is 0.514. The van der Waals surface area contributed by atoms with Gasteiger partial charge in [0.2, 0.25) is 0 Å². The average molecular weight is 430 g/mol. The number of hydrogen-bond donors (Lipinski definition) is 3. The Morgan fingerprint density at radius 3 is 2.03 bits per heavy atom. The lowest BCUT2D eigenvalue weighted by molar-refractivity contribution is 0.0507. The van der Waals surface area contributed by atoms with Gasteiger partial charge in [-0.05, 0) is 49.0 Å². The Balaban J connectivity index is 0.00000233. The molecular formula is C23H32BFN2O4. The van der Waals surface area contributed by atoms with Crippen molar-refractivity contribution in [1.29, 1.82) is 0 Å². The molecule has 31 heavy (non-hydrogen) atoms. The fourth-order valence-electron chi connectivity index (χ4n) is 2.95. The number of carbonyl (C=O) groups is 2. The third kappa shape index (κ3) is 7.81. The molecule has 0 saturated carbocycles. The van der Waals surface area contributed by atoms with E-state index in [-0.39, 0.29) is 23.0 Å². The second-order valence-electron chi connectivity index (χ2n) is 8.38. The van der Waals surface area contributed by atoms with Crippen LogP contribution in [0.15, 0.2) is 36.4 Å². The highest BCUT2D eigenvalue weighted by Crippen LogP contribution is 2.18. The Labute approximate surface area is 184 Å². The lowest BCUT2D eigenvalue weighted by atomic mass is 9.80. The summed E-state index contributed by atoms with van der Waals surface area (Å²) in [5, 5.41) is 19.4. The van der Waals surface area contributed by atoms with E-state index in [2.05, 4.69) is 5.43 Å². The third-order valence-electron chi connectivity index (χ3n) is 4.12. The van der Waals surface area contributed by atoms with Crippen molar-refractivity contribution in [3.8, 4) is 0 Å². The van der Waals surface area contributed by atoms with Crippen LogP contribution in [0.4, 0.5) is 4.39 Å². The maximum Gasteiger partial charge on any atom is 0.488 e. The van der Waals surface area contributed by atoms with Crippen LogP contribution in [0.5, 0.6) is 0 Å². The van der Waals surface area contributed by atoms with Crippen LogP contribution in [0.2, 0.25) is 0 Å². The molecule has 0 unspecified atom stereocenters. The van der Waals surface area contributed by atoms with Crippen molar-refractivity contribution in [1.82, 2.24) is 10.4 Å². The fraction of sp³-hybridized carbons (Fsp3) is 0.391. The van der Waals surface area contributed by atoms with Crippen LogP contribution in [-0.4, -0.2) is 40.5 Å². The summed E-state index contributed by atoms with van der Waals surface area (Å²) in [6.07, 6.45) is 0. The molecular weight excluding hydrogens is 398 g/mol. The first-order chi connectivity index (χ1) is 14.4. The number of aryl methyl sites for hydroxylation is 2. The lowest BCUT2D eigenvalue weighted by Crippen LogP contribution is -2.50. The molecule has 2 amide bonds. The molecule has 0 aromatic heterocycles. The van der Waals surface area contributed by atoms with Gasteiger partial charge in [-0.25, -0.2) is 9.40 Å². The highest BCUT2D eigenvalue weighted by molar-refractivity contribution is 6.58. The molecule has 0 saturated heterocycles. The fourth-order valence-corrected chi connectivity index (χ4v) is 2.95. The summed E-state index contributed by atoms with van der Waals surface area (Å²) < 4.78 is 14.3. The number of hydrogen-bond acceptors (Lipinski definition) is 4. The van der Waals surface area contributed by atoms with E-state index in [1.807, 2.05) is 54.5 Å². The van der Waals surface area contributed by atoms with Crippen molar-refractivity contribution >= 4 is 24.4 Å². The smallest absolute Gasteiger partial charge is 0.423 e. The molecule has 0 aliphatic heterocycles. The Morgan fingerprint density at radius 1 is 1.03 bits per heavy atom. The van der Waals surface area contributed by atoms with Crippen LogP contribution in [0.3, 0.4) is 0 Å². The van der Waals surface area contributed by atoms with Crippen molar-refractivity contribution in [2.75, 3.05) is 6.54 Å². The number of nitrogens with zero attached hydrogens (tertiary/aromatic N) is 1. The molecule has 168 valence electrons. The first kappa shape index (κ1) is 26.3.